The molecule has 1 aliphatic rings. The van der Waals surface area contributed by atoms with Crippen molar-refractivity contribution in [2.75, 3.05) is 13.1 Å². The van der Waals surface area contributed by atoms with Crippen LogP contribution in [0.15, 0.2) is 41.5 Å². The van der Waals surface area contributed by atoms with Gasteiger partial charge < -0.3 is 18.8 Å². The van der Waals surface area contributed by atoms with Crippen LogP contribution in [0.5, 0.6) is 5.75 Å². The summed E-state index contributed by atoms with van der Waals surface area (Å²) in [6, 6.07) is 7.16. The lowest BCUT2D eigenvalue weighted by molar-refractivity contribution is -0.131. The van der Waals surface area contributed by atoms with E-state index in [9.17, 15) is 9.59 Å². The number of rotatable bonds is 4. The van der Waals surface area contributed by atoms with Gasteiger partial charge in [-0.25, -0.2) is 0 Å². The van der Waals surface area contributed by atoms with Gasteiger partial charge in [-0.15, -0.1) is 0 Å². The SMILES string of the molecule is Cc1cc(OC2CCN(C(=O)Cn3cccc3)C2)cc(=O)n1C. The van der Waals surface area contributed by atoms with Gasteiger partial charge in [0.15, 0.2) is 0 Å². The molecular weight excluding hydrogens is 294 g/mol. The number of carbonyl (C=O) groups excluding carboxylic acids is 1. The highest BCUT2D eigenvalue weighted by atomic mass is 16.5. The van der Waals surface area contributed by atoms with E-state index in [0.29, 0.717) is 25.4 Å². The molecule has 1 amide bonds. The average molecular weight is 315 g/mol. The Bertz CT molecular complexity index is 749. The number of ether oxygens (including phenoxy) is 1. The summed E-state index contributed by atoms with van der Waals surface area (Å²) in [4.78, 5) is 25.9. The van der Waals surface area contributed by atoms with Crippen molar-refractivity contribution in [3.63, 3.8) is 0 Å². The number of aryl methyl sites for hydroxylation is 1. The van der Waals surface area contributed by atoms with E-state index in [1.807, 2.05) is 47.0 Å². The minimum atomic E-state index is -0.0847. The highest BCUT2D eigenvalue weighted by molar-refractivity contribution is 5.76. The molecule has 3 heterocycles. The molecule has 0 aromatic carbocycles. The predicted molar refractivity (Wildman–Crippen MR) is 86.5 cm³/mol. The minimum absolute atomic E-state index is 0.0601. The molecule has 3 rings (SSSR count). The molecule has 23 heavy (non-hydrogen) atoms. The molecule has 1 aliphatic heterocycles. The number of amides is 1. The van der Waals surface area contributed by atoms with Crippen molar-refractivity contribution in [3.8, 4) is 5.75 Å². The van der Waals surface area contributed by atoms with Gasteiger partial charge in [0, 0.05) is 44.2 Å². The number of likely N-dealkylation sites (tertiary alicyclic amines) is 1. The van der Waals surface area contributed by atoms with Crippen LogP contribution in [-0.4, -0.2) is 39.1 Å². The molecule has 122 valence electrons. The fraction of sp³-hybridized carbons (Fsp3) is 0.412. The summed E-state index contributed by atoms with van der Waals surface area (Å²) in [5.41, 5.74) is 0.768. The zero-order chi connectivity index (χ0) is 16.4. The smallest absolute Gasteiger partial charge is 0.254 e. The van der Waals surface area contributed by atoms with Gasteiger partial charge in [0.05, 0.1) is 6.54 Å². The van der Waals surface area contributed by atoms with Crippen LogP contribution in [0.3, 0.4) is 0 Å². The Balaban J connectivity index is 1.59. The first-order valence-electron chi connectivity index (χ1n) is 7.76. The van der Waals surface area contributed by atoms with Crippen molar-refractivity contribution in [3.05, 3.63) is 52.7 Å². The summed E-state index contributed by atoms with van der Waals surface area (Å²) in [5.74, 6) is 0.669. The van der Waals surface area contributed by atoms with E-state index in [2.05, 4.69) is 0 Å². The van der Waals surface area contributed by atoms with Gasteiger partial charge in [-0.2, -0.15) is 0 Å². The van der Waals surface area contributed by atoms with Crippen LogP contribution >= 0.6 is 0 Å². The normalized spacial score (nSPS) is 17.5. The van der Waals surface area contributed by atoms with Gasteiger partial charge >= 0.3 is 0 Å². The number of aromatic nitrogens is 2. The summed E-state index contributed by atoms with van der Waals surface area (Å²) < 4.78 is 9.33. The third-order valence-electron chi connectivity index (χ3n) is 4.26. The molecule has 1 saturated heterocycles. The maximum absolute atomic E-state index is 12.3. The Morgan fingerprint density at radius 3 is 2.74 bits per heavy atom. The molecule has 0 radical (unpaired) electrons. The second kappa shape index (κ2) is 6.32. The quantitative estimate of drug-likeness (QED) is 0.851. The molecule has 6 nitrogen and oxygen atoms in total. The molecule has 0 aliphatic carbocycles. The fourth-order valence-electron chi connectivity index (χ4n) is 2.78. The first-order valence-corrected chi connectivity index (χ1v) is 7.76. The topological polar surface area (TPSA) is 56.5 Å². The van der Waals surface area contributed by atoms with Crippen LogP contribution in [0.4, 0.5) is 0 Å². The highest BCUT2D eigenvalue weighted by Crippen LogP contribution is 2.18. The third-order valence-corrected chi connectivity index (χ3v) is 4.26. The second-order valence-corrected chi connectivity index (χ2v) is 5.95. The van der Waals surface area contributed by atoms with Crippen LogP contribution in [0.25, 0.3) is 0 Å². The molecular formula is C17H21N3O3. The second-order valence-electron chi connectivity index (χ2n) is 5.95. The predicted octanol–water partition coefficient (Wildman–Crippen LogP) is 1.18. The summed E-state index contributed by atoms with van der Waals surface area (Å²) >= 11 is 0. The molecule has 0 spiro atoms. The van der Waals surface area contributed by atoms with Crippen molar-refractivity contribution in [1.82, 2.24) is 14.0 Å². The number of pyridine rings is 1. The molecule has 1 fully saturated rings. The zero-order valence-corrected chi connectivity index (χ0v) is 13.4. The molecule has 0 bridgehead atoms. The lowest BCUT2D eigenvalue weighted by Gasteiger charge is -2.18. The van der Waals surface area contributed by atoms with Crippen molar-refractivity contribution in [2.24, 2.45) is 7.05 Å². The highest BCUT2D eigenvalue weighted by Gasteiger charge is 2.27. The molecule has 0 saturated carbocycles. The molecule has 1 atom stereocenters. The maximum Gasteiger partial charge on any atom is 0.254 e. The van der Waals surface area contributed by atoms with E-state index in [1.54, 1.807) is 11.6 Å². The van der Waals surface area contributed by atoms with E-state index in [1.165, 1.54) is 6.07 Å². The Morgan fingerprint density at radius 2 is 2.04 bits per heavy atom. The largest absolute Gasteiger partial charge is 0.488 e. The number of carbonyl (C=O) groups is 1. The minimum Gasteiger partial charge on any atom is -0.488 e. The van der Waals surface area contributed by atoms with Crippen molar-refractivity contribution in [2.45, 2.75) is 26.0 Å². The Hall–Kier alpha value is -2.50. The lowest BCUT2D eigenvalue weighted by atomic mass is 10.3. The first-order chi connectivity index (χ1) is 11.0. The van der Waals surface area contributed by atoms with Crippen LogP contribution in [0, 0.1) is 6.92 Å². The van der Waals surface area contributed by atoms with Crippen LogP contribution in [-0.2, 0) is 18.4 Å². The van der Waals surface area contributed by atoms with Gasteiger partial charge in [-0.05, 0) is 25.1 Å². The van der Waals surface area contributed by atoms with Gasteiger partial charge in [0.1, 0.15) is 18.4 Å². The van der Waals surface area contributed by atoms with E-state index in [4.69, 9.17) is 4.74 Å². The van der Waals surface area contributed by atoms with E-state index in [0.717, 1.165) is 12.1 Å². The monoisotopic (exact) mass is 315 g/mol. The molecule has 2 aromatic rings. The van der Waals surface area contributed by atoms with Gasteiger partial charge in [-0.1, -0.05) is 0 Å². The van der Waals surface area contributed by atoms with Crippen LogP contribution in [0.2, 0.25) is 0 Å². The number of hydrogen-bond acceptors (Lipinski definition) is 3. The van der Waals surface area contributed by atoms with E-state index in [-0.39, 0.29) is 17.6 Å². The van der Waals surface area contributed by atoms with E-state index >= 15 is 0 Å². The van der Waals surface area contributed by atoms with E-state index < -0.39 is 0 Å². The molecule has 6 heteroatoms. The number of nitrogens with zero attached hydrogens (tertiary/aromatic N) is 3. The fourth-order valence-corrected chi connectivity index (χ4v) is 2.78. The van der Waals surface area contributed by atoms with Gasteiger partial charge in [-0.3, -0.25) is 9.59 Å². The van der Waals surface area contributed by atoms with Crippen LogP contribution < -0.4 is 10.3 Å². The summed E-state index contributed by atoms with van der Waals surface area (Å²) in [5, 5.41) is 0. The Kier molecular flexibility index (Phi) is 4.23. The van der Waals surface area contributed by atoms with Gasteiger partial charge in [0.2, 0.25) is 5.91 Å². The van der Waals surface area contributed by atoms with Gasteiger partial charge in [0.25, 0.3) is 5.56 Å². The Labute approximate surface area is 134 Å². The Morgan fingerprint density at radius 1 is 1.30 bits per heavy atom. The number of hydrogen-bond donors (Lipinski definition) is 0. The summed E-state index contributed by atoms with van der Waals surface area (Å²) in [6.45, 7) is 3.48. The zero-order valence-electron chi connectivity index (χ0n) is 13.4. The van der Waals surface area contributed by atoms with Crippen molar-refractivity contribution < 1.29 is 9.53 Å². The molecule has 1 unspecified atom stereocenters. The standard InChI is InChI=1S/C17H21N3O3/c1-13-9-15(10-16(21)18(13)2)23-14-5-8-20(11-14)17(22)12-19-6-3-4-7-19/h3-4,6-7,9-10,14H,5,8,11-12H2,1-2H3. The first kappa shape index (κ1) is 15.4. The summed E-state index contributed by atoms with van der Waals surface area (Å²) in [6.07, 6.45) is 4.48. The molecule has 0 N–H and O–H groups in total. The molecule has 2 aromatic heterocycles. The average Bonchev–Trinajstić information content (AvgIpc) is 3.16. The maximum atomic E-state index is 12.3. The lowest BCUT2D eigenvalue weighted by Crippen LogP contribution is -2.33. The van der Waals surface area contributed by atoms with Crippen molar-refractivity contribution >= 4 is 5.91 Å². The van der Waals surface area contributed by atoms with Crippen LogP contribution in [0.1, 0.15) is 12.1 Å². The summed E-state index contributed by atoms with van der Waals surface area (Å²) in [7, 11) is 1.73. The van der Waals surface area contributed by atoms with Crippen molar-refractivity contribution in [1.29, 1.82) is 0 Å². The third kappa shape index (κ3) is 3.47.